The van der Waals surface area contributed by atoms with Crippen LogP contribution in [0.5, 0.6) is 0 Å². The highest BCUT2D eigenvalue weighted by Crippen LogP contribution is 2.24. The molecule has 0 unspecified atom stereocenters. The monoisotopic (exact) mass is 356 g/mol. The fourth-order valence-corrected chi connectivity index (χ4v) is 4.25. The van der Waals surface area contributed by atoms with E-state index in [-0.39, 0.29) is 5.56 Å². The SMILES string of the molecule is CSCCSc1nc2ccccc2c(=O)n1-c1cc(C)ccc1C. The molecule has 1 aromatic heterocycles. The van der Waals surface area contributed by atoms with Gasteiger partial charge in [-0.2, -0.15) is 11.8 Å². The third-order valence-corrected chi connectivity index (χ3v) is 5.68. The topological polar surface area (TPSA) is 34.9 Å². The molecule has 0 N–H and O–H groups in total. The number of nitrogens with zero attached hydrogens (tertiary/aromatic N) is 2. The molecule has 0 saturated carbocycles. The first-order valence-corrected chi connectivity index (χ1v) is 10.2. The van der Waals surface area contributed by atoms with Crippen LogP contribution in [0.25, 0.3) is 16.6 Å². The summed E-state index contributed by atoms with van der Waals surface area (Å²) < 4.78 is 1.77. The van der Waals surface area contributed by atoms with Gasteiger partial charge in [0.05, 0.1) is 16.6 Å². The Morgan fingerprint density at radius 2 is 1.88 bits per heavy atom. The maximum absolute atomic E-state index is 13.2. The summed E-state index contributed by atoms with van der Waals surface area (Å²) in [6.45, 7) is 4.08. The summed E-state index contributed by atoms with van der Waals surface area (Å²) in [6.07, 6.45) is 2.09. The van der Waals surface area contributed by atoms with Crippen LogP contribution in [-0.4, -0.2) is 27.3 Å². The fourth-order valence-electron chi connectivity index (χ4n) is 2.60. The number of rotatable bonds is 5. The minimum atomic E-state index is 0.000881. The molecule has 0 aliphatic rings. The van der Waals surface area contributed by atoms with Crippen molar-refractivity contribution in [3.63, 3.8) is 0 Å². The van der Waals surface area contributed by atoms with E-state index < -0.39 is 0 Å². The van der Waals surface area contributed by atoms with Crippen molar-refractivity contribution < 1.29 is 0 Å². The van der Waals surface area contributed by atoms with E-state index in [2.05, 4.69) is 24.5 Å². The second-order valence-electron chi connectivity index (χ2n) is 5.68. The molecule has 0 bridgehead atoms. The van der Waals surface area contributed by atoms with Crippen molar-refractivity contribution in [2.45, 2.75) is 19.0 Å². The van der Waals surface area contributed by atoms with Gasteiger partial charge in [0.2, 0.25) is 0 Å². The second kappa shape index (κ2) is 7.45. The van der Waals surface area contributed by atoms with Gasteiger partial charge in [0.25, 0.3) is 5.56 Å². The number of hydrogen-bond acceptors (Lipinski definition) is 4. The lowest BCUT2D eigenvalue weighted by molar-refractivity contribution is 0.814. The summed E-state index contributed by atoms with van der Waals surface area (Å²) in [5.74, 6) is 1.96. The molecule has 124 valence electrons. The molecule has 3 rings (SSSR count). The summed E-state index contributed by atoms with van der Waals surface area (Å²) in [4.78, 5) is 17.9. The molecule has 2 aromatic carbocycles. The van der Waals surface area contributed by atoms with Crippen molar-refractivity contribution in [1.82, 2.24) is 9.55 Å². The number of benzene rings is 2. The summed E-state index contributed by atoms with van der Waals surface area (Å²) in [7, 11) is 0. The molecule has 5 heteroatoms. The average molecular weight is 357 g/mol. The summed E-state index contributed by atoms with van der Waals surface area (Å²) in [5.41, 5.74) is 3.89. The van der Waals surface area contributed by atoms with E-state index in [9.17, 15) is 4.79 Å². The third-order valence-electron chi connectivity index (χ3n) is 3.87. The quantitative estimate of drug-likeness (QED) is 0.384. The van der Waals surface area contributed by atoms with Crippen LogP contribution in [0.2, 0.25) is 0 Å². The van der Waals surface area contributed by atoms with Gasteiger partial charge in [-0.15, -0.1) is 0 Å². The maximum Gasteiger partial charge on any atom is 0.266 e. The predicted molar refractivity (Wildman–Crippen MR) is 106 cm³/mol. The van der Waals surface area contributed by atoms with E-state index in [1.807, 2.05) is 38.1 Å². The summed E-state index contributed by atoms with van der Waals surface area (Å²) >= 11 is 3.44. The van der Waals surface area contributed by atoms with Crippen LogP contribution in [0.3, 0.4) is 0 Å². The number of aryl methyl sites for hydroxylation is 2. The molecule has 0 saturated heterocycles. The minimum Gasteiger partial charge on any atom is -0.268 e. The number of fused-ring (bicyclic) bond motifs is 1. The second-order valence-corrected chi connectivity index (χ2v) is 7.73. The zero-order valence-electron chi connectivity index (χ0n) is 14.1. The van der Waals surface area contributed by atoms with Gasteiger partial charge in [-0.3, -0.25) is 9.36 Å². The number of thioether (sulfide) groups is 2. The summed E-state index contributed by atoms with van der Waals surface area (Å²) in [5, 5.41) is 1.43. The number of aromatic nitrogens is 2. The van der Waals surface area contributed by atoms with E-state index in [1.165, 1.54) is 0 Å². The molecule has 0 atom stereocenters. The molecule has 0 amide bonds. The highest BCUT2D eigenvalue weighted by Gasteiger charge is 2.14. The maximum atomic E-state index is 13.2. The average Bonchev–Trinajstić information content (AvgIpc) is 2.58. The molecule has 3 aromatic rings. The van der Waals surface area contributed by atoms with Crippen molar-refractivity contribution >= 4 is 34.4 Å². The van der Waals surface area contributed by atoms with Crippen molar-refractivity contribution in [2.75, 3.05) is 17.8 Å². The van der Waals surface area contributed by atoms with Crippen LogP contribution in [0.15, 0.2) is 52.4 Å². The predicted octanol–water partition coefficient (Wildman–Crippen LogP) is 4.46. The van der Waals surface area contributed by atoms with E-state index in [0.717, 1.165) is 39.0 Å². The van der Waals surface area contributed by atoms with Crippen LogP contribution >= 0.6 is 23.5 Å². The molecule has 0 aliphatic carbocycles. The third kappa shape index (κ3) is 3.37. The minimum absolute atomic E-state index is 0.000881. The Kier molecular flexibility index (Phi) is 5.31. The first-order chi connectivity index (χ1) is 11.6. The lowest BCUT2D eigenvalue weighted by Crippen LogP contribution is -2.22. The highest BCUT2D eigenvalue weighted by molar-refractivity contribution is 8.02. The molecule has 24 heavy (non-hydrogen) atoms. The molecule has 0 fully saturated rings. The largest absolute Gasteiger partial charge is 0.268 e. The number of para-hydroxylation sites is 1. The Labute approximate surface area is 150 Å². The van der Waals surface area contributed by atoms with Gasteiger partial charge in [0.15, 0.2) is 5.16 Å². The van der Waals surface area contributed by atoms with Crippen LogP contribution in [0.4, 0.5) is 0 Å². The van der Waals surface area contributed by atoms with Crippen LogP contribution in [-0.2, 0) is 0 Å². The summed E-state index contributed by atoms with van der Waals surface area (Å²) in [6, 6.07) is 13.8. The number of hydrogen-bond donors (Lipinski definition) is 0. The van der Waals surface area contributed by atoms with Gasteiger partial charge in [-0.25, -0.2) is 4.98 Å². The molecule has 0 aliphatic heterocycles. The molecule has 3 nitrogen and oxygen atoms in total. The van der Waals surface area contributed by atoms with E-state index in [4.69, 9.17) is 4.98 Å². The van der Waals surface area contributed by atoms with Gasteiger partial charge in [-0.1, -0.05) is 36.0 Å². The van der Waals surface area contributed by atoms with Crippen LogP contribution < -0.4 is 5.56 Å². The van der Waals surface area contributed by atoms with E-state index >= 15 is 0 Å². The molecule has 0 radical (unpaired) electrons. The first-order valence-electron chi connectivity index (χ1n) is 7.83. The Morgan fingerprint density at radius 3 is 2.67 bits per heavy atom. The van der Waals surface area contributed by atoms with Gasteiger partial charge in [-0.05, 0) is 49.4 Å². The Morgan fingerprint density at radius 1 is 1.08 bits per heavy atom. The van der Waals surface area contributed by atoms with Crippen molar-refractivity contribution in [3.8, 4) is 5.69 Å². The smallest absolute Gasteiger partial charge is 0.266 e. The molecule has 0 spiro atoms. The van der Waals surface area contributed by atoms with Crippen molar-refractivity contribution in [3.05, 3.63) is 63.9 Å². The Hall–Kier alpha value is -1.72. The lowest BCUT2D eigenvalue weighted by Gasteiger charge is -2.15. The lowest BCUT2D eigenvalue weighted by atomic mass is 10.1. The zero-order chi connectivity index (χ0) is 17.1. The van der Waals surface area contributed by atoms with Gasteiger partial charge in [0.1, 0.15) is 0 Å². The van der Waals surface area contributed by atoms with E-state index in [0.29, 0.717) is 5.39 Å². The zero-order valence-corrected chi connectivity index (χ0v) is 15.7. The molecular weight excluding hydrogens is 336 g/mol. The van der Waals surface area contributed by atoms with E-state index in [1.54, 1.807) is 28.1 Å². The van der Waals surface area contributed by atoms with Gasteiger partial charge < -0.3 is 0 Å². The standard InChI is InChI=1S/C19H20N2OS2/c1-13-8-9-14(2)17(12-13)21-18(22)15-6-4-5-7-16(15)20-19(21)24-11-10-23-3/h4-9,12H,10-11H2,1-3H3. The van der Waals surface area contributed by atoms with Crippen molar-refractivity contribution in [1.29, 1.82) is 0 Å². The van der Waals surface area contributed by atoms with Crippen LogP contribution in [0.1, 0.15) is 11.1 Å². The van der Waals surface area contributed by atoms with Crippen LogP contribution in [0, 0.1) is 13.8 Å². The first kappa shape index (κ1) is 17.1. The van der Waals surface area contributed by atoms with Crippen molar-refractivity contribution in [2.24, 2.45) is 0 Å². The molecule has 1 heterocycles. The normalized spacial score (nSPS) is 11.1. The Balaban J connectivity index is 2.26. The molecular formula is C19H20N2OS2. The highest BCUT2D eigenvalue weighted by atomic mass is 32.2. The Bertz CT molecular complexity index is 934. The fraction of sp³-hybridized carbons (Fsp3) is 0.263. The van der Waals surface area contributed by atoms with Gasteiger partial charge in [0, 0.05) is 11.5 Å². The van der Waals surface area contributed by atoms with Gasteiger partial charge >= 0.3 is 0 Å².